The number of piperidine rings is 1. The fourth-order valence-corrected chi connectivity index (χ4v) is 2.98. The summed E-state index contributed by atoms with van der Waals surface area (Å²) < 4.78 is 0. The number of amides is 1. The minimum Gasteiger partial charge on any atom is -0.327 e. The van der Waals surface area contributed by atoms with Gasteiger partial charge in [-0.1, -0.05) is 0 Å². The third kappa shape index (κ3) is 3.51. The molecule has 1 saturated heterocycles. The summed E-state index contributed by atoms with van der Waals surface area (Å²) in [5.74, 6) is 0.0932. The molecule has 1 aliphatic heterocycles. The highest BCUT2D eigenvalue weighted by molar-refractivity contribution is 7.15. The summed E-state index contributed by atoms with van der Waals surface area (Å²) in [7, 11) is 0. The molecule has 0 bridgehead atoms. The fourth-order valence-electron chi connectivity index (χ4n) is 2.15. The second-order valence-electron chi connectivity index (χ2n) is 4.70. The number of rotatable bonds is 3. The van der Waals surface area contributed by atoms with Gasteiger partial charge in [-0.3, -0.25) is 10.1 Å². The summed E-state index contributed by atoms with van der Waals surface area (Å²) in [6, 6.07) is 0. The van der Waals surface area contributed by atoms with Crippen LogP contribution in [0.4, 0.5) is 5.13 Å². The minimum atomic E-state index is 0.0932. The van der Waals surface area contributed by atoms with Gasteiger partial charge in [0, 0.05) is 4.88 Å². The van der Waals surface area contributed by atoms with Crippen LogP contribution in [0.1, 0.15) is 29.8 Å². The van der Waals surface area contributed by atoms with Crippen LogP contribution in [0.3, 0.4) is 0 Å². The van der Waals surface area contributed by atoms with Gasteiger partial charge in [-0.25, -0.2) is 4.98 Å². The van der Waals surface area contributed by atoms with Crippen molar-refractivity contribution in [1.82, 2.24) is 4.98 Å². The third-order valence-corrected chi connectivity index (χ3v) is 4.23. The van der Waals surface area contributed by atoms with E-state index in [2.05, 4.69) is 10.3 Å². The Morgan fingerprint density at radius 3 is 2.65 bits per heavy atom. The van der Waals surface area contributed by atoms with Crippen LogP contribution in [0.25, 0.3) is 0 Å². The molecule has 1 aromatic heterocycles. The first-order valence-electron chi connectivity index (χ1n) is 6.22. The molecule has 2 heterocycles. The monoisotopic (exact) mass is 254 g/mol. The van der Waals surface area contributed by atoms with Crippen LogP contribution in [0, 0.1) is 13.8 Å². The van der Waals surface area contributed by atoms with E-state index in [0.717, 1.165) is 23.9 Å². The van der Waals surface area contributed by atoms with Crippen LogP contribution in [-0.4, -0.2) is 30.5 Å². The molecule has 17 heavy (non-hydrogen) atoms. The van der Waals surface area contributed by atoms with Gasteiger partial charge in [-0.05, 0) is 33.1 Å². The molecule has 0 spiro atoms. The molecule has 0 radical (unpaired) electrons. The number of hydrogen-bond acceptors (Lipinski definition) is 3. The number of thiazole rings is 1. The highest BCUT2D eigenvalue weighted by Crippen LogP contribution is 2.20. The quantitative estimate of drug-likeness (QED) is 0.837. The highest BCUT2D eigenvalue weighted by atomic mass is 32.1. The van der Waals surface area contributed by atoms with E-state index in [-0.39, 0.29) is 5.91 Å². The number of quaternary nitrogens is 1. The van der Waals surface area contributed by atoms with Crippen molar-refractivity contribution in [2.24, 2.45) is 0 Å². The standard InChI is InChI=1S/C12H19N3OS/c1-9-10(2)17-12(13-9)14-11(16)8-15-6-4-3-5-7-15/h3-8H2,1-2H3,(H,13,14,16)/p+1. The maximum Gasteiger partial charge on any atom is 0.281 e. The van der Waals surface area contributed by atoms with Crippen LogP contribution in [0.15, 0.2) is 0 Å². The van der Waals surface area contributed by atoms with Crippen molar-refractivity contribution in [2.75, 3.05) is 25.0 Å². The lowest BCUT2D eigenvalue weighted by Crippen LogP contribution is -3.13. The Kier molecular flexibility index (Phi) is 4.12. The van der Waals surface area contributed by atoms with E-state index >= 15 is 0 Å². The average Bonchev–Trinajstić information content (AvgIpc) is 2.59. The maximum absolute atomic E-state index is 11.8. The second kappa shape index (κ2) is 5.60. The van der Waals surface area contributed by atoms with Crippen LogP contribution in [0.5, 0.6) is 0 Å². The largest absolute Gasteiger partial charge is 0.327 e. The smallest absolute Gasteiger partial charge is 0.281 e. The molecule has 4 nitrogen and oxygen atoms in total. The summed E-state index contributed by atoms with van der Waals surface area (Å²) in [5, 5.41) is 3.64. The van der Waals surface area contributed by atoms with Gasteiger partial charge in [0.15, 0.2) is 11.7 Å². The molecule has 1 aliphatic rings. The van der Waals surface area contributed by atoms with Crippen LogP contribution in [-0.2, 0) is 4.79 Å². The number of carbonyl (C=O) groups is 1. The van der Waals surface area contributed by atoms with Gasteiger partial charge < -0.3 is 4.90 Å². The number of aromatic nitrogens is 1. The molecule has 0 aliphatic carbocycles. The molecule has 0 saturated carbocycles. The molecule has 0 unspecified atom stereocenters. The van der Waals surface area contributed by atoms with Gasteiger partial charge in [-0.2, -0.15) is 0 Å². The summed E-state index contributed by atoms with van der Waals surface area (Å²) in [6.45, 7) is 6.83. The number of aryl methyl sites for hydroxylation is 2. The van der Waals surface area contributed by atoms with Gasteiger partial charge in [0.05, 0.1) is 18.8 Å². The molecule has 5 heteroatoms. The minimum absolute atomic E-state index is 0.0932. The van der Waals surface area contributed by atoms with Gasteiger partial charge in [0.2, 0.25) is 0 Å². The first kappa shape index (κ1) is 12.5. The SMILES string of the molecule is Cc1nc(NC(=O)C[NH+]2CCCCC2)sc1C. The topological polar surface area (TPSA) is 46.4 Å². The number of nitrogens with zero attached hydrogens (tertiary/aromatic N) is 1. The average molecular weight is 254 g/mol. The van der Waals surface area contributed by atoms with Crippen LogP contribution in [0.2, 0.25) is 0 Å². The first-order chi connectivity index (χ1) is 8.15. The number of hydrogen-bond donors (Lipinski definition) is 2. The van der Waals surface area contributed by atoms with E-state index in [9.17, 15) is 4.79 Å². The molecular formula is C12H20N3OS+. The van der Waals surface area contributed by atoms with Crippen molar-refractivity contribution in [3.63, 3.8) is 0 Å². The molecule has 1 aromatic rings. The van der Waals surface area contributed by atoms with Crippen molar-refractivity contribution >= 4 is 22.4 Å². The Labute approximate surface area is 106 Å². The Morgan fingerprint density at radius 1 is 1.35 bits per heavy atom. The molecule has 0 aromatic carbocycles. The first-order valence-corrected chi connectivity index (χ1v) is 7.04. The lowest BCUT2D eigenvalue weighted by Gasteiger charge is -2.22. The third-order valence-electron chi connectivity index (χ3n) is 3.25. The van der Waals surface area contributed by atoms with E-state index in [1.54, 1.807) is 11.3 Å². The predicted octanol–water partition coefficient (Wildman–Crippen LogP) is 0.767. The van der Waals surface area contributed by atoms with Gasteiger partial charge >= 0.3 is 0 Å². The van der Waals surface area contributed by atoms with E-state index < -0.39 is 0 Å². The molecule has 0 atom stereocenters. The lowest BCUT2D eigenvalue weighted by atomic mass is 10.1. The van der Waals surface area contributed by atoms with Crippen LogP contribution < -0.4 is 10.2 Å². The van der Waals surface area contributed by atoms with Crippen molar-refractivity contribution in [2.45, 2.75) is 33.1 Å². The predicted molar refractivity (Wildman–Crippen MR) is 69.6 cm³/mol. The zero-order chi connectivity index (χ0) is 12.3. The lowest BCUT2D eigenvalue weighted by molar-refractivity contribution is -0.896. The van der Waals surface area contributed by atoms with Crippen molar-refractivity contribution < 1.29 is 9.69 Å². The van der Waals surface area contributed by atoms with Gasteiger partial charge in [0.25, 0.3) is 5.91 Å². The maximum atomic E-state index is 11.8. The summed E-state index contributed by atoms with van der Waals surface area (Å²) in [6.07, 6.45) is 3.81. The van der Waals surface area contributed by atoms with Crippen LogP contribution >= 0.6 is 11.3 Å². The van der Waals surface area contributed by atoms with E-state index in [0.29, 0.717) is 6.54 Å². The van der Waals surface area contributed by atoms with Crippen molar-refractivity contribution in [1.29, 1.82) is 0 Å². The fraction of sp³-hybridized carbons (Fsp3) is 0.667. The molecule has 94 valence electrons. The molecular weight excluding hydrogens is 234 g/mol. The number of likely N-dealkylation sites (tertiary alicyclic amines) is 1. The Morgan fingerprint density at radius 2 is 2.06 bits per heavy atom. The molecule has 2 rings (SSSR count). The summed E-state index contributed by atoms with van der Waals surface area (Å²) in [5.41, 5.74) is 1.01. The normalized spacial score (nSPS) is 17.1. The van der Waals surface area contributed by atoms with Gasteiger partial charge in [0.1, 0.15) is 0 Å². The molecule has 2 N–H and O–H groups in total. The van der Waals surface area contributed by atoms with E-state index in [1.807, 2.05) is 13.8 Å². The van der Waals surface area contributed by atoms with E-state index in [4.69, 9.17) is 0 Å². The van der Waals surface area contributed by atoms with Crippen molar-refractivity contribution in [3.05, 3.63) is 10.6 Å². The number of carbonyl (C=O) groups excluding carboxylic acids is 1. The summed E-state index contributed by atoms with van der Waals surface area (Å²) >= 11 is 1.55. The molecule has 1 fully saturated rings. The zero-order valence-electron chi connectivity index (χ0n) is 10.5. The highest BCUT2D eigenvalue weighted by Gasteiger charge is 2.18. The molecule has 1 amide bonds. The van der Waals surface area contributed by atoms with Gasteiger partial charge in [-0.15, -0.1) is 11.3 Å². The zero-order valence-corrected chi connectivity index (χ0v) is 11.3. The Hall–Kier alpha value is -0.940. The number of nitrogens with one attached hydrogen (secondary N) is 2. The second-order valence-corrected chi connectivity index (χ2v) is 5.90. The Bertz CT molecular complexity index is 377. The summed E-state index contributed by atoms with van der Waals surface area (Å²) in [4.78, 5) is 18.7. The van der Waals surface area contributed by atoms with Crippen molar-refractivity contribution in [3.8, 4) is 0 Å². The number of anilines is 1. The van der Waals surface area contributed by atoms with E-state index in [1.165, 1.54) is 29.0 Å². The Balaban J connectivity index is 1.84.